The lowest BCUT2D eigenvalue weighted by Crippen LogP contribution is -2.38. The maximum absolute atomic E-state index is 12.4. The van der Waals surface area contributed by atoms with Gasteiger partial charge in [0.1, 0.15) is 5.54 Å². The zero-order chi connectivity index (χ0) is 23.1. The first-order chi connectivity index (χ1) is 16.1. The molecule has 10 heteroatoms. The molecule has 0 aliphatic heterocycles. The second kappa shape index (κ2) is 11.7. The summed E-state index contributed by atoms with van der Waals surface area (Å²) in [6.45, 7) is -1.21. The van der Waals surface area contributed by atoms with E-state index in [0.717, 1.165) is 28.2 Å². The zero-order valence-corrected chi connectivity index (χ0v) is 20.0. The van der Waals surface area contributed by atoms with E-state index in [1.54, 1.807) is 0 Å². The third-order valence-corrected chi connectivity index (χ3v) is 5.75. The van der Waals surface area contributed by atoms with Crippen molar-refractivity contribution in [2.75, 3.05) is 12.2 Å². The average molecular weight is 517 g/mol. The minimum Gasteiger partial charge on any atom is -0.361 e. The van der Waals surface area contributed by atoms with E-state index in [2.05, 4.69) is 24.7 Å². The summed E-state index contributed by atoms with van der Waals surface area (Å²) >= 11 is 6.60. The average Bonchev–Trinajstić information content (AvgIpc) is 3.32. The topological polar surface area (TPSA) is 76.5 Å². The van der Waals surface area contributed by atoms with Crippen LogP contribution in [0.1, 0.15) is 22.5 Å². The van der Waals surface area contributed by atoms with E-state index < -0.39 is 17.6 Å². The number of nitrogens with one attached hydrogen (secondary N) is 1. The van der Waals surface area contributed by atoms with Crippen molar-refractivity contribution in [2.45, 2.75) is 5.54 Å². The molecular weight excluding hydrogens is 498 g/mol. The summed E-state index contributed by atoms with van der Waals surface area (Å²) in [5.41, 5.74) is 1.73. The summed E-state index contributed by atoms with van der Waals surface area (Å²) in [6.07, 6.45) is 0. The highest BCUT2D eigenvalue weighted by Crippen LogP contribution is 2.40. The number of rotatable bonds is 9. The van der Waals surface area contributed by atoms with Gasteiger partial charge in [-0.1, -0.05) is 96.2 Å². The first-order valence-corrected chi connectivity index (χ1v) is 11.0. The van der Waals surface area contributed by atoms with Gasteiger partial charge >= 0.3 is 0 Å². The molecule has 174 valence electrons. The lowest BCUT2D eigenvalue weighted by atomic mass is 9.77. The lowest BCUT2D eigenvalue weighted by molar-refractivity contribution is -0.106. The Hall–Kier alpha value is -3.33. The van der Waals surface area contributed by atoms with Gasteiger partial charge in [-0.15, -0.1) is 12.4 Å². The lowest BCUT2D eigenvalue weighted by Gasteiger charge is -2.36. The summed E-state index contributed by atoms with van der Waals surface area (Å²) in [5, 5.41) is 6.40. The second-order valence-electron chi connectivity index (χ2n) is 6.85. The van der Waals surface area contributed by atoms with Crippen LogP contribution < -0.4 is 5.32 Å². The fourth-order valence-corrected chi connectivity index (χ4v) is 4.31. The van der Waals surface area contributed by atoms with Gasteiger partial charge in [0.2, 0.25) is 16.7 Å². The van der Waals surface area contributed by atoms with Gasteiger partial charge in [0.05, 0.1) is 0 Å². The van der Waals surface area contributed by atoms with Crippen molar-refractivity contribution in [3.63, 3.8) is 0 Å². The molecule has 0 aliphatic carbocycles. The van der Waals surface area contributed by atoms with Crippen molar-refractivity contribution in [3.8, 4) is 0 Å². The highest BCUT2D eigenvalue weighted by molar-refractivity contribution is 7.10. The number of nitrogens with zero attached hydrogens (tertiary/aromatic N) is 3. The van der Waals surface area contributed by atoms with E-state index in [0.29, 0.717) is 5.13 Å². The highest BCUT2D eigenvalue weighted by Gasteiger charge is 2.37. The molecule has 0 saturated heterocycles. The van der Waals surface area contributed by atoms with E-state index in [-0.39, 0.29) is 23.9 Å². The number of anilines is 1. The molecule has 0 bridgehead atoms. The van der Waals surface area contributed by atoms with Crippen LogP contribution in [0.3, 0.4) is 0 Å². The molecule has 6 nitrogen and oxygen atoms in total. The van der Waals surface area contributed by atoms with Crippen LogP contribution in [0.2, 0.25) is 0 Å². The third-order valence-electron chi connectivity index (χ3n) is 4.94. The molecule has 34 heavy (non-hydrogen) atoms. The Morgan fingerprint density at radius 2 is 1.41 bits per heavy atom. The number of halogens is 3. The number of carbonyl (C=O) groups excluding carboxylic acids is 1. The maximum atomic E-state index is 12.4. The first kappa shape index (κ1) is 25.3. The Kier molecular flexibility index (Phi) is 8.70. The number of alkyl halides is 1. The SMILES string of the molecule is Cl.O=C(Cl)C(=NOCF)c1nsc(NC(c2ccccc2)(c2ccccc2)c2ccccc2)n1. The molecule has 1 heterocycles. The van der Waals surface area contributed by atoms with Crippen molar-refractivity contribution in [1.29, 1.82) is 0 Å². The third kappa shape index (κ3) is 5.25. The van der Waals surface area contributed by atoms with Gasteiger partial charge in [-0.2, -0.15) is 9.36 Å². The van der Waals surface area contributed by atoms with Crippen molar-refractivity contribution >= 4 is 51.6 Å². The molecule has 1 aromatic heterocycles. The predicted octanol–water partition coefficient (Wildman–Crippen LogP) is 5.78. The van der Waals surface area contributed by atoms with E-state index in [9.17, 15) is 9.18 Å². The molecule has 0 radical (unpaired) electrons. The Balaban J connectivity index is 0.00000324. The van der Waals surface area contributed by atoms with Gasteiger partial charge in [-0.05, 0) is 28.3 Å². The van der Waals surface area contributed by atoms with E-state index in [4.69, 9.17) is 11.6 Å². The van der Waals surface area contributed by atoms with Crippen molar-refractivity contribution in [2.24, 2.45) is 5.16 Å². The number of hydrogen-bond acceptors (Lipinski definition) is 7. The summed E-state index contributed by atoms with van der Waals surface area (Å²) in [5.74, 6) is -0.0564. The number of oxime groups is 1. The van der Waals surface area contributed by atoms with Crippen molar-refractivity contribution in [1.82, 2.24) is 9.36 Å². The van der Waals surface area contributed by atoms with Crippen LogP contribution >= 0.6 is 35.5 Å². The van der Waals surface area contributed by atoms with Crippen LogP contribution in [0.4, 0.5) is 9.52 Å². The van der Waals surface area contributed by atoms with Crippen molar-refractivity contribution < 1.29 is 14.0 Å². The molecule has 0 atom stereocenters. The second-order valence-corrected chi connectivity index (χ2v) is 7.94. The number of carbonyl (C=O) groups is 1. The summed E-state index contributed by atoms with van der Waals surface area (Å²) in [6, 6.07) is 29.8. The van der Waals surface area contributed by atoms with E-state index in [1.807, 2.05) is 91.0 Å². The summed E-state index contributed by atoms with van der Waals surface area (Å²) in [4.78, 5) is 20.5. The van der Waals surface area contributed by atoms with Gasteiger partial charge in [-0.25, -0.2) is 4.39 Å². The van der Waals surface area contributed by atoms with Crippen LogP contribution in [-0.2, 0) is 15.2 Å². The zero-order valence-electron chi connectivity index (χ0n) is 17.6. The molecule has 4 aromatic rings. The minimum atomic E-state index is -1.21. The minimum absolute atomic E-state index is 0. The quantitative estimate of drug-likeness (QED) is 0.132. The number of hydrogen-bond donors (Lipinski definition) is 1. The van der Waals surface area contributed by atoms with Crippen LogP contribution in [0.15, 0.2) is 96.2 Å². The van der Waals surface area contributed by atoms with Crippen molar-refractivity contribution in [3.05, 3.63) is 114 Å². The normalized spacial score (nSPS) is 11.4. The van der Waals surface area contributed by atoms with Gasteiger partial charge in [0, 0.05) is 11.5 Å². The maximum Gasteiger partial charge on any atom is 0.278 e. The van der Waals surface area contributed by atoms with Gasteiger partial charge in [-0.3, -0.25) is 4.79 Å². The van der Waals surface area contributed by atoms with E-state index in [1.165, 1.54) is 0 Å². The fourth-order valence-electron chi connectivity index (χ4n) is 3.57. The molecule has 1 N–H and O–H groups in total. The Morgan fingerprint density at radius 3 is 1.82 bits per heavy atom. The predicted molar refractivity (Wildman–Crippen MR) is 134 cm³/mol. The fraction of sp³-hybridized carbons (Fsp3) is 0.0833. The Labute approximate surface area is 211 Å². The highest BCUT2D eigenvalue weighted by atomic mass is 35.5. The Bertz CT molecular complexity index is 1140. The monoisotopic (exact) mass is 516 g/mol. The molecule has 0 amide bonds. The van der Waals surface area contributed by atoms with Crippen LogP contribution in [-0.4, -0.2) is 27.2 Å². The van der Waals surface area contributed by atoms with Crippen LogP contribution in [0, 0.1) is 0 Å². The molecule has 0 unspecified atom stereocenters. The van der Waals surface area contributed by atoms with Gasteiger partial charge in [0.25, 0.3) is 12.1 Å². The van der Waals surface area contributed by atoms with Crippen LogP contribution in [0.25, 0.3) is 0 Å². The van der Waals surface area contributed by atoms with E-state index >= 15 is 0 Å². The molecule has 3 aromatic carbocycles. The molecule has 0 saturated carbocycles. The number of benzene rings is 3. The molecule has 0 fully saturated rings. The molecule has 4 rings (SSSR count). The molecular formula is C24H19Cl2FN4O2S. The molecule has 0 spiro atoms. The Morgan fingerprint density at radius 1 is 0.941 bits per heavy atom. The first-order valence-electron chi connectivity index (χ1n) is 9.89. The van der Waals surface area contributed by atoms with Gasteiger partial charge in [0.15, 0.2) is 0 Å². The molecule has 0 aliphatic rings. The standard InChI is InChI=1S/C24H18ClFN4O2S.ClH/c25-21(31)20(29-32-16-26)22-27-23(33-30-22)28-24(17-10-4-1-5-11-17,18-12-6-2-7-13-18)19-14-8-3-9-15-19;/h1-15H,16H2,(H,27,28,30);1H. The van der Waals surface area contributed by atoms with Crippen LogP contribution in [0.5, 0.6) is 0 Å². The smallest absolute Gasteiger partial charge is 0.278 e. The van der Waals surface area contributed by atoms with Gasteiger partial charge < -0.3 is 10.2 Å². The summed E-state index contributed by atoms with van der Waals surface area (Å²) < 4.78 is 16.6. The largest absolute Gasteiger partial charge is 0.361 e. The summed E-state index contributed by atoms with van der Waals surface area (Å²) in [7, 11) is 0. The number of aromatic nitrogens is 2.